The zero-order valence-corrected chi connectivity index (χ0v) is 15.2. The maximum absolute atomic E-state index is 4.60. The highest BCUT2D eigenvalue weighted by molar-refractivity contribution is 5.79. The number of aliphatic imine (C=N–C) groups is 1. The zero-order valence-electron chi connectivity index (χ0n) is 15.2. The van der Waals surface area contributed by atoms with E-state index in [1.807, 2.05) is 37.2 Å². The first-order valence-corrected chi connectivity index (χ1v) is 8.13. The Kier molecular flexibility index (Phi) is 6.18. The molecule has 0 amide bonds. The fraction of sp³-hybridized carbons (Fsp3) is 0.368. The quantitative estimate of drug-likeness (QED) is 0.655. The molecule has 0 saturated carbocycles. The second-order valence-corrected chi connectivity index (χ2v) is 6.09. The fourth-order valence-corrected chi connectivity index (χ4v) is 2.43. The topological polar surface area (TPSA) is 52.6 Å². The van der Waals surface area contributed by atoms with E-state index in [0.717, 1.165) is 24.0 Å². The molecule has 2 rings (SSSR count). The molecule has 1 aromatic carbocycles. The molecule has 0 aliphatic carbocycles. The Morgan fingerprint density at radius 3 is 2.50 bits per heavy atom. The Bertz CT molecular complexity index is 707. The third kappa shape index (κ3) is 4.98. The summed E-state index contributed by atoms with van der Waals surface area (Å²) in [6.07, 6.45) is 0. The van der Waals surface area contributed by atoms with Gasteiger partial charge in [0, 0.05) is 27.7 Å². The second kappa shape index (κ2) is 8.34. The highest BCUT2D eigenvalue weighted by Gasteiger charge is 2.03. The van der Waals surface area contributed by atoms with Crippen LogP contribution < -0.4 is 15.5 Å². The largest absolute Gasteiger partial charge is 0.363 e. The molecule has 2 N–H and O–H groups in total. The molecule has 2 aromatic rings. The van der Waals surface area contributed by atoms with E-state index >= 15 is 0 Å². The lowest BCUT2D eigenvalue weighted by atomic mass is 10.1. The Morgan fingerprint density at radius 2 is 1.83 bits per heavy atom. The minimum atomic E-state index is 0.633. The van der Waals surface area contributed by atoms with E-state index in [4.69, 9.17) is 0 Å². The predicted octanol–water partition coefficient (Wildman–Crippen LogP) is 2.63. The maximum atomic E-state index is 4.60. The molecule has 24 heavy (non-hydrogen) atoms. The number of anilines is 1. The van der Waals surface area contributed by atoms with E-state index in [0.29, 0.717) is 6.54 Å². The van der Waals surface area contributed by atoms with Crippen molar-refractivity contribution < 1.29 is 0 Å². The van der Waals surface area contributed by atoms with Crippen molar-refractivity contribution in [3.05, 3.63) is 58.8 Å². The molecule has 5 heteroatoms. The van der Waals surface area contributed by atoms with E-state index in [-0.39, 0.29) is 0 Å². The molecule has 0 saturated heterocycles. The van der Waals surface area contributed by atoms with Gasteiger partial charge < -0.3 is 15.5 Å². The summed E-state index contributed by atoms with van der Waals surface area (Å²) in [6, 6.07) is 12.5. The zero-order chi connectivity index (χ0) is 17.5. The molecule has 128 valence electrons. The van der Waals surface area contributed by atoms with Gasteiger partial charge in [-0.15, -0.1) is 0 Å². The van der Waals surface area contributed by atoms with Gasteiger partial charge in [-0.2, -0.15) is 0 Å². The maximum Gasteiger partial charge on any atom is 0.191 e. The summed E-state index contributed by atoms with van der Waals surface area (Å²) in [4.78, 5) is 10.9. The molecular formula is C19H27N5. The van der Waals surface area contributed by atoms with Crippen molar-refractivity contribution in [3.63, 3.8) is 0 Å². The van der Waals surface area contributed by atoms with Gasteiger partial charge in [-0.05, 0) is 37.1 Å². The van der Waals surface area contributed by atoms with E-state index in [2.05, 4.69) is 52.7 Å². The van der Waals surface area contributed by atoms with Crippen LogP contribution in [0.4, 0.5) is 5.82 Å². The summed E-state index contributed by atoms with van der Waals surface area (Å²) in [5.41, 5.74) is 4.83. The fourth-order valence-electron chi connectivity index (χ4n) is 2.43. The third-order valence-electron chi connectivity index (χ3n) is 3.86. The van der Waals surface area contributed by atoms with Gasteiger partial charge in [0.15, 0.2) is 5.96 Å². The number of nitrogens with zero attached hydrogens (tertiary/aromatic N) is 3. The normalized spacial score (nSPS) is 11.3. The lowest BCUT2D eigenvalue weighted by Gasteiger charge is -2.15. The summed E-state index contributed by atoms with van der Waals surface area (Å²) in [7, 11) is 5.76. The molecule has 0 fully saturated rings. The van der Waals surface area contributed by atoms with Gasteiger partial charge in [-0.3, -0.25) is 4.99 Å². The Hall–Kier alpha value is -2.56. The molecule has 0 atom stereocenters. The van der Waals surface area contributed by atoms with Crippen LogP contribution in [0.25, 0.3) is 0 Å². The van der Waals surface area contributed by atoms with Gasteiger partial charge in [0.25, 0.3) is 0 Å². The standard InChI is InChI=1S/C19H27N5/c1-14-9-10-16(15(2)11-14)12-21-19(20-3)22-13-17-7-6-8-18(23-17)24(4)5/h6-11H,12-13H2,1-5H3,(H2,20,21,22). The number of guanidine groups is 1. The number of hydrogen-bond donors (Lipinski definition) is 2. The van der Waals surface area contributed by atoms with Crippen molar-refractivity contribution in [2.24, 2.45) is 4.99 Å². The highest BCUT2D eigenvalue weighted by Crippen LogP contribution is 2.10. The SMILES string of the molecule is CN=C(NCc1cccc(N(C)C)n1)NCc1ccc(C)cc1C. The van der Waals surface area contributed by atoms with E-state index in [1.54, 1.807) is 7.05 Å². The molecule has 0 aliphatic rings. The first-order valence-electron chi connectivity index (χ1n) is 8.13. The van der Waals surface area contributed by atoms with Gasteiger partial charge in [-0.1, -0.05) is 29.8 Å². The molecule has 5 nitrogen and oxygen atoms in total. The summed E-state index contributed by atoms with van der Waals surface area (Å²) in [5.74, 6) is 1.72. The summed E-state index contributed by atoms with van der Waals surface area (Å²) in [6.45, 7) is 5.63. The van der Waals surface area contributed by atoms with E-state index < -0.39 is 0 Å². The molecule has 0 spiro atoms. The number of hydrogen-bond acceptors (Lipinski definition) is 3. The monoisotopic (exact) mass is 325 g/mol. The van der Waals surface area contributed by atoms with Crippen LogP contribution >= 0.6 is 0 Å². The average Bonchev–Trinajstić information content (AvgIpc) is 2.56. The van der Waals surface area contributed by atoms with Gasteiger partial charge in [0.05, 0.1) is 12.2 Å². The van der Waals surface area contributed by atoms with Gasteiger partial charge in [-0.25, -0.2) is 4.98 Å². The number of pyridine rings is 1. The summed E-state index contributed by atoms with van der Waals surface area (Å²) in [5, 5.41) is 6.67. The van der Waals surface area contributed by atoms with Gasteiger partial charge in [0.1, 0.15) is 5.82 Å². The molecule has 0 aliphatic heterocycles. The third-order valence-corrected chi connectivity index (χ3v) is 3.86. The van der Waals surface area contributed by atoms with Crippen molar-refractivity contribution in [1.82, 2.24) is 15.6 Å². The van der Waals surface area contributed by atoms with Crippen LogP contribution in [0.2, 0.25) is 0 Å². The second-order valence-electron chi connectivity index (χ2n) is 6.09. The summed E-state index contributed by atoms with van der Waals surface area (Å²) < 4.78 is 0. The Morgan fingerprint density at radius 1 is 1.08 bits per heavy atom. The smallest absolute Gasteiger partial charge is 0.191 e. The van der Waals surface area contributed by atoms with Crippen molar-refractivity contribution in [2.45, 2.75) is 26.9 Å². The highest BCUT2D eigenvalue weighted by atomic mass is 15.2. The number of aryl methyl sites for hydroxylation is 2. The Balaban J connectivity index is 1.92. The summed E-state index contributed by atoms with van der Waals surface area (Å²) >= 11 is 0. The Labute approximate surface area is 144 Å². The van der Waals surface area contributed by atoms with Gasteiger partial charge in [0.2, 0.25) is 0 Å². The van der Waals surface area contributed by atoms with Crippen molar-refractivity contribution in [1.29, 1.82) is 0 Å². The van der Waals surface area contributed by atoms with Crippen molar-refractivity contribution in [2.75, 3.05) is 26.0 Å². The lowest BCUT2D eigenvalue weighted by Crippen LogP contribution is -2.36. The van der Waals surface area contributed by atoms with Gasteiger partial charge >= 0.3 is 0 Å². The number of benzene rings is 1. The van der Waals surface area contributed by atoms with Crippen LogP contribution in [0.1, 0.15) is 22.4 Å². The van der Waals surface area contributed by atoms with Crippen molar-refractivity contribution >= 4 is 11.8 Å². The molecule has 0 bridgehead atoms. The first-order chi connectivity index (χ1) is 11.5. The van der Waals surface area contributed by atoms with Crippen LogP contribution in [0, 0.1) is 13.8 Å². The van der Waals surface area contributed by atoms with E-state index in [9.17, 15) is 0 Å². The van der Waals surface area contributed by atoms with Crippen LogP contribution in [0.5, 0.6) is 0 Å². The van der Waals surface area contributed by atoms with E-state index in [1.165, 1.54) is 16.7 Å². The molecule has 1 aromatic heterocycles. The number of nitrogens with one attached hydrogen (secondary N) is 2. The van der Waals surface area contributed by atoms with Crippen LogP contribution in [-0.2, 0) is 13.1 Å². The minimum absolute atomic E-state index is 0.633. The number of aromatic nitrogens is 1. The number of rotatable bonds is 5. The van der Waals surface area contributed by atoms with Crippen LogP contribution in [-0.4, -0.2) is 32.1 Å². The molecule has 0 unspecified atom stereocenters. The van der Waals surface area contributed by atoms with Crippen LogP contribution in [0.3, 0.4) is 0 Å². The lowest BCUT2D eigenvalue weighted by molar-refractivity contribution is 0.790. The molecular weight excluding hydrogens is 298 g/mol. The average molecular weight is 325 g/mol. The minimum Gasteiger partial charge on any atom is -0.363 e. The van der Waals surface area contributed by atoms with Crippen LogP contribution in [0.15, 0.2) is 41.4 Å². The molecule has 0 radical (unpaired) electrons. The van der Waals surface area contributed by atoms with Crippen molar-refractivity contribution in [3.8, 4) is 0 Å². The molecule has 1 heterocycles. The predicted molar refractivity (Wildman–Crippen MR) is 102 cm³/mol. The first kappa shape index (κ1) is 17.8.